The highest BCUT2D eigenvalue weighted by atomic mass is 35.5. The molecular formula is C15H16ClNO2S. The Balaban J connectivity index is 1.82. The lowest BCUT2D eigenvalue weighted by molar-refractivity contribution is 0.344. The highest BCUT2D eigenvalue weighted by molar-refractivity contribution is 7.84. The number of ether oxygens (including phenoxy) is 1. The van der Waals surface area contributed by atoms with Gasteiger partial charge in [0, 0.05) is 15.8 Å². The fourth-order valence-electron chi connectivity index (χ4n) is 1.72. The number of rotatable bonds is 6. The van der Waals surface area contributed by atoms with Crippen LogP contribution in [0.15, 0.2) is 48.5 Å². The van der Waals surface area contributed by atoms with E-state index in [0.717, 1.165) is 5.56 Å². The SMILES string of the molecule is Nc1ccccc1OCCS(=O)Cc1ccccc1Cl. The summed E-state index contributed by atoms with van der Waals surface area (Å²) >= 11 is 6.04. The summed E-state index contributed by atoms with van der Waals surface area (Å²) in [5.41, 5.74) is 7.25. The van der Waals surface area contributed by atoms with Gasteiger partial charge in [0.25, 0.3) is 0 Å². The standard InChI is InChI=1S/C15H16ClNO2S/c16-13-6-2-1-5-12(13)11-20(18)10-9-19-15-8-4-3-7-14(15)17/h1-8H,9-11,17H2. The fourth-order valence-corrected chi connectivity index (χ4v) is 3.01. The molecule has 0 amide bonds. The molecule has 0 saturated carbocycles. The minimum absolute atomic E-state index is 0.366. The third-order valence-electron chi connectivity index (χ3n) is 2.76. The van der Waals surface area contributed by atoms with Crippen molar-refractivity contribution in [3.8, 4) is 5.75 Å². The molecule has 1 unspecified atom stereocenters. The Morgan fingerprint density at radius 1 is 1.10 bits per heavy atom. The predicted octanol–water partition coefficient (Wildman–Crippen LogP) is 3.25. The van der Waals surface area contributed by atoms with E-state index in [1.54, 1.807) is 18.2 Å². The van der Waals surface area contributed by atoms with Crippen LogP contribution >= 0.6 is 11.6 Å². The molecule has 2 aromatic carbocycles. The number of para-hydroxylation sites is 2. The Bertz CT molecular complexity index is 604. The number of halogens is 1. The fraction of sp³-hybridized carbons (Fsp3) is 0.200. The second-order valence-electron chi connectivity index (χ2n) is 4.27. The summed E-state index contributed by atoms with van der Waals surface area (Å²) in [5, 5.41) is 0.647. The zero-order chi connectivity index (χ0) is 14.4. The molecule has 0 aliphatic carbocycles. The average molecular weight is 310 g/mol. The van der Waals surface area contributed by atoms with Gasteiger partial charge in [-0.3, -0.25) is 4.21 Å². The van der Waals surface area contributed by atoms with Crippen LogP contribution < -0.4 is 10.5 Å². The summed E-state index contributed by atoms with van der Waals surface area (Å²) in [6, 6.07) is 14.7. The summed E-state index contributed by atoms with van der Waals surface area (Å²) in [7, 11) is -1.01. The molecule has 5 heteroatoms. The number of nitrogen functional groups attached to an aromatic ring is 1. The molecule has 0 bridgehead atoms. The van der Waals surface area contributed by atoms with E-state index in [2.05, 4.69) is 0 Å². The Labute approximate surface area is 126 Å². The first kappa shape index (κ1) is 14.9. The molecule has 106 valence electrons. The summed E-state index contributed by atoms with van der Waals surface area (Å²) in [5.74, 6) is 1.51. The molecule has 0 spiro atoms. The predicted molar refractivity (Wildman–Crippen MR) is 84.5 cm³/mol. The minimum atomic E-state index is -1.01. The van der Waals surface area contributed by atoms with Crippen LogP contribution in [0, 0.1) is 0 Å². The summed E-state index contributed by atoms with van der Waals surface area (Å²) in [4.78, 5) is 0. The maximum Gasteiger partial charge on any atom is 0.142 e. The van der Waals surface area contributed by atoms with Crippen LogP contribution in [-0.2, 0) is 16.6 Å². The van der Waals surface area contributed by atoms with Gasteiger partial charge in [0.2, 0.25) is 0 Å². The van der Waals surface area contributed by atoms with E-state index in [1.165, 1.54) is 0 Å². The lowest BCUT2D eigenvalue weighted by Crippen LogP contribution is -2.11. The Morgan fingerprint density at radius 3 is 2.55 bits per heavy atom. The Hall–Kier alpha value is -1.52. The van der Waals surface area contributed by atoms with Gasteiger partial charge in [0.05, 0.1) is 23.8 Å². The lowest BCUT2D eigenvalue weighted by atomic mass is 10.2. The molecule has 0 radical (unpaired) electrons. The van der Waals surface area contributed by atoms with Crippen molar-refractivity contribution < 1.29 is 8.95 Å². The first-order valence-electron chi connectivity index (χ1n) is 6.22. The molecule has 2 aromatic rings. The van der Waals surface area contributed by atoms with Gasteiger partial charge in [0.1, 0.15) is 5.75 Å². The number of hydrogen-bond donors (Lipinski definition) is 1. The quantitative estimate of drug-likeness (QED) is 0.833. The first-order chi connectivity index (χ1) is 9.66. The lowest BCUT2D eigenvalue weighted by Gasteiger charge is -2.08. The van der Waals surface area contributed by atoms with Gasteiger partial charge in [-0.1, -0.05) is 41.9 Å². The topological polar surface area (TPSA) is 52.3 Å². The second-order valence-corrected chi connectivity index (χ2v) is 6.25. The van der Waals surface area contributed by atoms with E-state index in [-0.39, 0.29) is 0 Å². The zero-order valence-corrected chi connectivity index (χ0v) is 12.5. The van der Waals surface area contributed by atoms with E-state index >= 15 is 0 Å². The molecule has 20 heavy (non-hydrogen) atoms. The van der Waals surface area contributed by atoms with Crippen molar-refractivity contribution in [1.82, 2.24) is 0 Å². The highest BCUT2D eigenvalue weighted by Gasteiger charge is 2.06. The minimum Gasteiger partial charge on any atom is -0.490 e. The molecule has 1 atom stereocenters. The Morgan fingerprint density at radius 2 is 1.80 bits per heavy atom. The zero-order valence-electron chi connectivity index (χ0n) is 10.9. The number of benzene rings is 2. The van der Waals surface area contributed by atoms with E-state index < -0.39 is 10.8 Å². The van der Waals surface area contributed by atoms with Crippen molar-refractivity contribution in [2.75, 3.05) is 18.1 Å². The van der Waals surface area contributed by atoms with E-state index in [1.807, 2.05) is 30.3 Å². The maximum absolute atomic E-state index is 12.0. The third-order valence-corrected chi connectivity index (χ3v) is 4.39. The van der Waals surface area contributed by atoms with Gasteiger partial charge in [-0.25, -0.2) is 0 Å². The molecular weight excluding hydrogens is 294 g/mol. The van der Waals surface area contributed by atoms with Crippen LogP contribution in [-0.4, -0.2) is 16.6 Å². The van der Waals surface area contributed by atoms with Crippen molar-refractivity contribution in [1.29, 1.82) is 0 Å². The average Bonchev–Trinajstić information content (AvgIpc) is 2.43. The van der Waals surface area contributed by atoms with Crippen molar-refractivity contribution in [3.05, 3.63) is 59.1 Å². The summed E-state index contributed by atoms with van der Waals surface area (Å²) in [6.45, 7) is 0.366. The molecule has 0 aromatic heterocycles. The van der Waals surface area contributed by atoms with Crippen molar-refractivity contribution in [2.45, 2.75) is 5.75 Å². The van der Waals surface area contributed by atoms with Gasteiger partial charge in [-0.15, -0.1) is 0 Å². The molecule has 0 heterocycles. The van der Waals surface area contributed by atoms with E-state index in [9.17, 15) is 4.21 Å². The molecule has 2 N–H and O–H groups in total. The van der Waals surface area contributed by atoms with Crippen LogP contribution in [0.25, 0.3) is 0 Å². The molecule has 3 nitrogen and oxygen atoms in total. The Kier molecular flexibility index (Phi) is 5.44. The third kappa shape index (κ3) is 4.25. The van der Waals surface area contributed by atoms with Crippen LogP contribution in [0.4, 0.5) is 5.69 Å². The van der Waals surface area contributed by atoms with E-state index in [0.29, 0.717) is 34.6 Å². The van der Waals surface area contributed by atoms with Gasteiger partial charge in [-0.2, -0.15) is 0 Å². The van der Waals surface area contributed by atoms with Gasteiger partial charge >= 0.3 is 0 Å². The van der Waals surface area contributed by atoms with Crippen molar-refractivity contribution >= 4 is 28.1 Å². The second kappa shape index (κ2) is 7.31. The van der Waals surface area contributed by atoms with Gasteiger partial charge < -0.3 is 10.5 Å². The smallest absolute Gasteiger partial charge is 0.142 e. The van der Waals surface area contributed by atoms with Crippen LogP contribution in [0.2, 0.25) is 5.02 Å². The van der Waals surface area contributed by atoms with Gasteiger partial charge in [0.15, 0.2) is 0 Å². The molecule has 2 rings (SSSR count). The monoisotopic (exact) mass is 309 g/mol. The normalized spacial score (nSPS) is 12.1. The first-order valence-corrected chi connectivity index (χ1v) is 8.09. The van der Waals surface area contributed by atoms with Gasteiger partial charge in [-0.05, 0) is 23.8 Å². The van der Waals surface area contributed by atoms with Crippen molar-refractivity contribution in [3.63, 3.8) is 0 Å². The van der Waals surface area contributed by atoms with Crippen LogP contribution in [0.5, 0.6) is 5.75 Å². The van der Waals surface area contributed by atoms with Crippen LogP contribution in [0.3, 0.4) is 0 Å². The maximum atomic E-state index is 12.0. The highest BCUT2D eigenvalue weighted by Crippen LogP contribution is 2.20. The van der Waals surface area contributed by atoms with Crippen LogP contribution in [0.1, 0.15) is 5.56 Å². The van der Waals surface area contributed by atoms with E-state index in [4.69, 9.17) is 22.1 Å². The molecule has 0 fully saturated rings. The number of anilines is 1. The summed E-state index contributed by atoms with van der Waals surface area (Å²) in [6.07, 6.45) is 0. The summed E-state index contributed by atoms with van der Waals surface area (Å²) < 4.78 is 17.5. The largest absolute Gasteiger partial charge is 0.490 e. The number of nitrogens with two attached hydrogens (primary N) is 1. The number of hydrogen-bond acceptors (Lipinski definition) is 3. The molecule has 0 aliphatic heterocycles. The van der Waals surface area contributed by atoms with Crippen molar-refractivity contribution in [2.24, 2.45) is 0 Å². The molecule has 0 saturated heterocycles. The molecule has 0 aliphatic rings.